The van der Waals surface area contributed by atoms with Crippen LogP contribution in [0.15, 0.2) is 0 Å². The molecule has 0 heterocycles. The Morgan fingerprint density at radius 3 is 1.53 bits per heavy atom. The van der Waals surface area contributed by atoms with Crippen LogP contribution >= 0.6 is 8.15 Å². The number of hydrogen-bond donors (Lipinski definition) is 0. The zero-order valence-corrected chi connectivity index (χ0v) is 13.2. The lowest BCUT2D eigenvalue weighted by molar-refractivity contribution is 0.456. The minimum absolute atomic E-state index is 0.0996. The van der Waals surface area contributed by atoms with Crippen LogP contribution in [-0.4, -0.2) is 19.4 Å². The smallest absolute Gasteiger partial charge is 0.0398 e. The van der Waals surface area contributed by atoms with Crippen LogP contribution in [0.2, 0.25) is 0 Å². The predicted octanol–water partition coefficient (Wildman–Crippen LogP) is 5.97. The monoisotopic (exact) mass is 260 g/mol. The first kappa shape index (κ1) is 17.4. The summed E-state index contributed by atoms with van der Waals surface area (Å²) in [4.78, 5) is 0. The highest BCUT2D eigenvalue weighted by atomic mass is 31.1. The van der Waals surface area contributed by atoms with Crippen molar-refractivity contribution in [1.82, 2.24) is 0 Å². The first-order valence-corrected chi connectivity index (χ1v) is 9.27. The summed E-state index contributed by atoms with van der Waals surface area (Å²) >= 11 is 0. The molecule has 0 aromatic rings. The lowest BCUT2D eigenvalue weighted by Gasteiger charge is -2.14. The maximum atomic E-state index is 5.62. The fourth-order valence-corrected chi connectivity index (χ4v) is 3.82. The molecule has 2 heteroatoms. The molecule has 0 aromatic carbocycles. The van der Waals surface area contributed by atoms with Gasteiger partial charge in [0.15, 0.2) is 0 Å². The van der Waals surface area contributed by atoms with Crippen molar-refractivity contribution >= 4 is 8.15 Å². The van der Waals surface area contributed by atoms with Gasteiger partial charge in [0.25, 0.3) is 0 Å². The zero-order chi connectivity index (χ0) is 12.8. The van der Waals surface area contributed by atoms with Crippen molar-refractivity contribution in [3.8, 4) is 0 Å². The van der Waals surface area contributed by atoms with Gasteiger partial charge in [-0.2, -0.15) is 0 Å². The Morgan fingerprint density at radius 2 is 1.06 bits per heavy atom. The topological polar surface area (TPSA) is 9.23 Å². The van der Waals surface area contributed by atoms with Gasteiger partial charge in [-0.25, -0.2) is 0 Å². The van der Waals surface area contributed by atoms with Gasteiger partial charge in [-0.1, -0.05) is 65.2 Å². The predicted molar refractivity (Wildman–Crippen MR) is 81.2 cm³/mol. The van der Waals surface area contributed by atoms with E-state index in [1.807, 2.05) is 7.11 Å². The number of hydrogen-bond acceptors (Lipinski definition) is 1. The van der Waals surface area contributed by atoms with Gasteiger partial charge in [0, 0.05) is 15.3 Å². The second kappa shape index (κ2) is 14.5. The Labute approximate surface area is 111 Å². The van der Waals surface area contributed by atoms with E-state index >= 15 is 0 Å². The summed E-state index contributed by atoms with van der Waals surface area (Å²) in [5.41, 5.74) is 0. The fraction of sp³-hybridized carbons (Fsp3) is 1.00. The van der Waals surface area contributed by atoms with E-state index in [9.17, 15) is 0 Å². The molecule has 1 nitrogen and oxygen atoms in total. The van der Waals surface area contributed by atoms with E-state index in [0.717, 1.165) is 0 Å². The highest BCUT2D eigenvalue weighted by Gasteiger charge is 2.06. The van der Waals surface area contributed by atoms with Crippen LogP contribution in [-0.2, 0) is 4.52 Å². The molecule has 0 radical (unpaired) electrons. The lowest BCUT2D eigenvalue weighted by Crippen LogP contribution is -1.93. The fourth-order valence-electron chi connectivity index (χ4n) is 2.08. The third kappa shape index (κ3) is 12.6. The van der Waals surface area contributed by atoms with E-state index in [1.165, 1.54) is 76.5 Å². The minimum Gasteiger partial charge on any atom is -0.362 e. The molecule has 0 bridgehead atoms. The van der Waals surface area contributed by atoms with Gasteiger partial charge in [0.1, 0.15) is 0 Å². The Kier molecular flexibility index (Phi) is 14.8. The van der Waals surface area contributed by atoms with Crippen LogP contribution in [0.3, 0.4) is 0 Å². The average Bonchev–Trinajstić information content (AvgIpc) is 2.36. The van der Waals surface area contributed by atoms with Crippen LogP contribution in [0.25, 0.3) is 0 Å². The van der Waals surface area contributed by atoms with Gasteiger partial charge >= 0.3 is 0 Å². The van der Waals surface area contributed by atoms with Gasteiger partial charge in [0.05, 0.1) is 0 Å². The lowest BCUT2D eigenvalue weighted by atomic mass is 10.1. The normalized spacial score (nSPS) is 12.9. The van der Waals surface area contributed by atoms with Gasteiger partial charge in [-0.15, -0.1) is 0 Å². The summed E-state index contributed by atoms with van der Waals surface area (Å²) in [6.07, 6.45) is 16.6. The van der Waals surface area contributed by atoms with Crippen molar-refractivity contribution in [2.24, 2.45) is 0 Å². The summed E-state index contributed by atoms with van der Waals surface area (Å²) in [6.45, 7) is 4.55. The molecule has 0 aliphatic carbocycles. The van der Waals surface area contributed by atoms with Gasteiger partial charge in [-0.05, 0) is 25.2 Å². The minimum atomic E-state index is -0.0996. The van der Waals surface area contributed by atoms with E-state index in [-0.39, 0.29) is 8.15 Å². The molecular formula is C15H33OP. The van der Waals surface area contributed by atoms with Gasteiger partial charge in [0.2, 0.25) is 0 Å². The Bertz CT molecular complexity index is 139. The summed E-state index contributed by atoms with van der Waals surface area (Å²) in [5.74, 6) is 0. The molecular weight excluding hydrogens is 227 g/mol. The van der Waals surface area contributed by atoms with E-state index in [2.05, 4.69) is 13.8 Å². The second-order valence-corrected chi connectivity index (χ2v) is 7.16. The van der Waals surface area contributed by atoms with E-state index in [4.69, 9.17) is 4.52 Å². The first-order chi connectivity index (χ1) is 8.35. The average molecular weight is 260 g/mol. The van der Waals surface area contributed by atoms with Crippen LogP contribution in [0, 0.1) is 0 Å². The number of unbranched alkanes of at least 4 members (excludes halogenated alkanes) is 8. The standard InChI is InChI=1S/C15H33OP/c1-4-6-8-10-11-13-15-17(16-3)14-12-9-7-5-2/h4-15H2,1-3H3. The molecule has 0 saturated heterocycles. The molecule has 0 spiro atoms. The zero-order valence-electron chi connectivity index (χ0n) is 12.3. The van der Waals surface area contributed by atoms with Crippen LogP contribution < -0.4 is 0 Å². The maximum absolute atomic E-state index is 5.62. The van der Waals surface area contributed by atoms with Crippen molar-refractivity contribution in [2.75, 3.05) is 19.4 Å². The molecule has 0 rings (SSSR count). The van der Waals surface area contributed by atoms with Crippen LogP contribution in [0.1, 0.15) is 78.1 Å². The number of rotatable bonds is 13. The summed E-state index contributed by atoms with van der Waals surface area (Å²) in [6, 6.07) is 0. The molecule has 1 atom stereocenters. The molecule has 0 aliphatic heterocycles. The Morgan fingerprint density at radius 1 is 0.647 bits per heavy atom. The Hall–Kier alpha value is 0.390. The second-order valence-electron chi connectivity index (χ2n) is 4.94. The molecule has 104 valence electrons. The van der Waals surface area contributed by atoms with E-state index < -0.39 is 0 Å². The van der Waals surface area contributed by atoms with Crippen molar-refractivity contribution in [1.29, 1.82) is 0 Å². The molecule has 0 fully saturated rings. The van der Waals surface area contributed by atoms with E-state index in [1.54, 1.807) is 0 Å². The van der Waals surface area contributed by atoms with Crippen molar-refractivity contribution in [2.45, 2.75) is 78.1 Å². The first-order valence-electron chi connectivity index (χ1n) is 7.64. The third-order valence-electron chi connectivity index (χ3n) is 3.28. The van der Waals surface area contributed by atoms with Crippen LogP contribution in [0.4, 0.5) is 0 Å². The quantitative estimate of drug-likeness (QED) is 0.293. The largest absolute Gasteiger partial charge is 0.362 e. The SMILES string of the molecule is CCCCCCCCP(CCCCCC)OC. The summed E-state index contributed by atoms with van der Waals surface area (Å²) in [5, 5.41) is 0. The molecule has 0 saturated carbocycles. The van der Waals surface area contributed by atoms with Gasteiger partial charge < -0.3 is 4.52 Å². The highest BCUT2D eigenvalue weighted by molar-refractivity contribution is 7.52. The molecule has 0 aliphatic rings. The summed E-state index contributed by atoms with van der Waals surface area (Å²) < 4.78 is 5.62. The van der Waals surface area contributed by atoms with Crippen molar-refractivity contribution in [3.63, 3.8) is 0 Å². The van der Waals surface area contributed by atoms with Crippen LogP contribution in [0.5, 0.6) is 0 Å². The van der Waals surface area contributed by atoms with Crippen molar-refractivity contribution in [3.05, 3.63) is 0 Å². The van der Waals surface area contributed by atoms with Gasteiger partial charge in [-0.3, -0.25) is 0 Å². The molecule has 0 amide bonds. The molecule has 1 unspecified atom stereocenters. The highest BCUT2D eigenvalue weighted by Crippen LogP contribution is 2.38. The maximum Gasteiger partial charge on any atom is 0.0398 e. The van der Waals surface area contributed by atoms with E-state index in [0.29, 0.717) is 0 Å². The third-order valence-corrected chi connectivity index (χ3v) is 5.43. The molecule has 17 heavy (non-hydrogen) atoms. The van der Waals surface area contributed by atoms with Crippen molar-refractivity contribution < 1.29 is 4.52 Å². The molecule has 0 N–H and O–H groups in total. The Balaban J connectivity index is 3.28. The summed E-state index contributed by atoms with van der Waals surface area (Å²) in [7, 11) is 1.81. The molecule has 0 aromatic heterocycles.